The zero-order valence-electron chi connectivity index (χ0n) is 10.1. The summed E-state index contributed by atoms with van der Waals surface area (Å²) in [4.78, 5) is 15.0. The van der Waals surface area contributed by atoms with Gasteiger partial charge in [-0.1, -0.05) is 12.1 Å². The average Bonchev–Trinajstić information content (AvgIpc) is 2.78. The number of carbonyl (C=O) groups is 1. The van der Waals surface area contributed by atoms with Crippen LogP contribution in [0.2, 0.25) is 0 Å². The standard InChI is InChI=1S/C13H17BrN2OS/c14-11-3-1-2-4-12(11)18-8-6-13(17)16-7-5-10(15)9-16/h1-4,10H,5-9,15H2/t10-/m1/s1. The van der Waals surface area contributed by atoms with E-state index in [0.29, 0.717) is 6.42 Å². The fourth-order valence-electron chi connectivity index (χ4n) is 1.98. The van der Waals surface area contributed by atoms with E-state index in [1.54, 1.807) is 11.8 Å². The Kier molecular flexibility index (Phi) is 5.09. The van der Waals surface area contributed by atoms with Crippen molar-refractivity contribution >= 4 is 33.6 Å². The van der Waals surface area contributed by atoms with Crippen LogP contribution >= 0.6 is 27.7 Å². The maximum absolute atomic E-state index is 11.9. The van der Waals surface area contributed by atoms with Crippen LogP contribution in [0.4, 0.5) is 0 Å². The van der Waals surface area contributed by atoms with E-state index in [9.17, 15) is 4.79 Å². The smallest absolute Gasteiger partial charge is 0.223 e. The third-order valence-corrected chi connectivity index (χ3v) is 5.02. The highest BCUT2D eigenvalue weighted by Crippen LogP contribution is 2.27. The molecule has 1 amide bonds. The van der Waals surface area contributed by atoms with Gasteiger partial charge in [0.1, 0.15) is 0 Å². The maximum atomic E-state index is 11.9. The Bertz CT molecular complexity index is 427. The highest BCUT2D eigenvalue weighted by molar-refractivity contribution is 9.10. The molecule has 0 spiro atoms. The second kappa shape index (κ2) is 6.59. The molecule has 0 bridgehead atoms. The third kappa shape index (κ3) is 3.73. The molecule has 1 atom stereocenters. The van der Waals surface area contributed by atoms with Gasteiger partial charge in [0.2, 0.25) is 5.91 Å². The van der Waals surface area contributed by atoms with Gasteiger partial charge in [0, 0.05) is 40.7 Å². The molecular formula is C13H17BrN2OS. The Morgan fingerprint density at radius 3 is 2.94 bits per heavy atom. The molecule has 0 radical (unpaired) electrons. The normalized spacial score (nSPS) is 19.2. The van der Waals surface area contributed by atoms with Crippen molar-refractivity contribution in [2.75, 3.05) is 18.8 Å². The molecule has 1 aliphatic heterocycles. The lowest BCUT2D eigenvalue weighted by Gasteiger charge is -2.15. The van der Waals surface area contributed by atoms with Crippen molar-refractivity contribution in [3.8, 4) is 0 Å². The molecule has 1 aromatic rings. The van der Waals surface area contributed by atoms with Crippen molar-refractivity contribution in [1.82, 2.24) is 4.90 Å². The van der Waals surface area contributed by atoms with E-state index < -0.39 is 0 Å². The van der Waals surface area contributed by atoms with Crippen LogP contribution in [0.5, 0.6) is 0 Å². The molecule has 0 aromatic heterocycles. The molecule has 2 N–H and O–H groups in total. The predicted molar refractivity (Wildman–Crippen MR) is 78.7 cm³/mol. The summed E-state index contributed by atoms with van der Waals surface area (Å²) in [6, 6.07) is 8.25. The van der Waals surface area contributed by atoms with Crippen LogP contribution in [-0.4, -0.2) is 35.7 Å². The molecule has 1 saturated heterocycles. The molecule has 3 nitrogen and oxygen atoms in total. The number of halogens is 1. The summed E-state index contributed by atoms with van der Waals surface area (Å²) in [5.74, 6) is 1.04. The molecule has 1 fully saturated rings. The molecule has 0 saturated carbocycles. The van der Waals surface area contributed by atoms with Crippen LogP contribution in [0.25, 0.3) is 0 Å². The van der Waals surface area contributed by atoms with Gasteiger partial charge in [-0.3, -0.25) is 4.79 Å². The van der Waals surface area contributed by atoms with Crippen molar-refractivity contribution in [3.63, 3.8) is 0 Å². The van der Waals surface area contributed by atoms with E-state index in [2.05, 4.69) is 22.0 Å². The summed E-state index contributed by atoms with van der Waals surface area (Å²) >= 11 is 5.21. The molecule has 98 valence electrons. The minimum Gasteiger partial charge on any atom is -0.341 e. The summed E-state index contributed by atoms with van der Waals surface area (Å²) in [5, 5.41) is 0. The number of hydrogen-bond donors (Lipinski definition) is 1. The molecule has 5 heteroatoms. The highest BCUT2D eigenvalue weighted by Gasteiger charge is 2.22. The highest BCUT2D eigenvalue weighted by atomic mass is 79.9. The first kappa shape index (κ1) is 13.9. The molecule has 0 unspecified atom stereocenters. The number of rotatable bonds is 4. The van der Waals surface area contributed by atoms with Crippen LogP contribution in [0.3, 0.4) is 0 Å². The second-order valence-corrected chi connectivity index (χ2v) is 6.41. The van der Waals surface area contributed by atoms with Gasteiger partial charge in [-0.25, -0.2) is 0 Å². The SMILES string of the molecule is N[C@@H]1CCN(C(=O)CCSc2ccccc2Br)C1. The Balaban J connectivity index is 1.75. The van der Waals surface area contributed by atoms with E-state index >= 15 is 0 Å². The minimum absolute atomic E-state index is 0.171. The molecule has 1 aromatic carbocycles. The van der Waals surface area contributed by atoms with Gasteiger partial charge >= 0.3 is 0 Å². The molecular weight excluding hydrogens is 312 g/mol. The van der Waals surface area contributed by atoms with Crippen molar-refractivity contribution in [3.05, 3.63) is 28.7 Å². The number of likely N-dealkylation sites (tertiary alicyclic amines) is 1. The number of carbonyl (C=O) groups excluding carboxylic acids is 1. The van der Waals surface area contributed by atoms with Gasteiger partial charge in [-0.05, 0) is 34.5 Å². The van der Waals surface area contributed by atoms with Crippen molar-refractivity contribution in [2.45, 2.75) is 23.8 Å². The zero-order valence-corrected chi connectivity index (χ0v) is 12.5. The lowest BCUT2D eigenvalue weighted by molar-refractivity contribution is -0.129. The van der Waals surface area contributed by atoms with E-state index in [1.165, 1.54) is 4.90 Å². The zero-order chi connectivity index (χ0) is 13.0. The van der Waals surface area contributed by atoms with E-state index in [4.69, 9.17) is 5.73 Å². The largest absolute Gasteiger partial charge is 0.341 e. The molecule has 0 aliphatic carbocycles. The molecule has 1 aliphatic rings. The van der Waals surface area contributed by atoms with E-state index in [1.807, 2.05) is 23.1 Å². The summed E-state index contributed by atoms with van der Waals surface area (Å²) in [5.41, 5.74) is 5.80. The van der Waals surface area contributed by atoms with Gasteiger partial charge in [-0.15, -0.1) is 11.8 Å². The van der Waals surface area contributed by atoms with Crippen LogP contribution in [0, 0.1) is 0 Å². The molecule has 2 rings (SSSR count). The molecule has 1 heterocycles. The van der Waals surface area contributed by atoms with Gasteiger partial charge in [0.15, 0.2) is 0 Å². The number of nitrogens with zero attached hydrogens (tertiary/aromatic N) is 1. The number of hydrogen-bond acceptors (Lipinski definition) is 3. The Morgan fingerprint density at radius 2 is 2.28 bits per heavy atom. The Morgan fingerprint density at radius 1 is 1.50 bits per heavy atom. The first-order valence-corrected chi connectivity index (χ1v) is 7.85. The van der Waals surface area contributed by atoms with Crippen LogP contribution in [0.15, 0.2) is 33.6 Å². The number of thioether (sulfide) groups is 1. The van der Waals surface area contributed by atoms with Crippen LogP contribution in [-0.2, 0) is 4.79 Å². The average molecular weight is 329 g/mol. The molecule has 18 heavy (non-hydrogen) atoms. The third-order valence-electron chi connectivity index (χ3n) is 2.99. The van der Waals surface area contributed by atoms with Gasteiger partial charge < -0.3 is 10.6 Å². The van der Waals surface area contributed by atoms with E-state index in [-0.39, 0.29) is 11.9 Å². The van der Waals surface area contributed by atoms with Crippen molar-refractivity contribution in [1.29, 1.82) is 0 Å². The number of benzene rings is 1. The van der Waals surface area contributed by atoms with Gasteiger partial charge in [0.05, 0.1) is 0 Å². The second-order valence-electron chi connectivity index (χ2n) is 4.42. The predicted octanol–water partition coefficient (Wildman–Crippen LogP) is 2.49. The van der Waals surface area contributed by atoms with Crippen LogP contribution in [0.1, 0.15) is 12.8 Å². The topological polar surface area (TPSA) is 46.3 Å². The minimum atomic E-state index is 0.171. The van der Waals surface area contributed by atoms with E-state index in [0.717, 1.165) is 29.7 Å². The fraction of sp³-hybridized carbons (Fsp3) is 0.462. The first-order chi connectivity index (χ1) is 8.66. The Labute approximate surface area is 120 Å². The van der Waals surface area contributed by atoms with Crippen molar-refractivity contribution in [2.24, 2.45) is 5.73 Å². The van der Waals surface area contributed by atoms with Crippen LogP contribution < -0.4 is 5.73 Å². The summed E-state index contributed by atoms with van der Waals surface area (Å²) in [6.07, 6.45) is 1.52. The maximum Gasteiger partial charge on any atom is 0.223 e. The number of amides is 1. The van der Waals surface area contributed by atoms with Gasteiger partial charge in [0.25, 0.3) is 0 Å². The van der Waals surface area contributed by atoms with Gasteiger partial charge in [-0.2, -0.15) is 0 Å². The summed E-state index contributed by atoms with van der Waals surface area (Å²) < 4.78 is 1.09. The number of nitrogens with two attached hydrogens (primary N) is 1. The van der Waals surface area contributed by atoms with Crippen molar-refractivity contribution < 1.29 is 4.79 Å². The first-order valence-electron chi connectivity index (χ1n) is 6.07. The summed E-state index contributed by atoms with van der Waals surface area (Å²) in [7, 11) is 0. The quantitative estimate of drug-likeness (QED) is 0.864. The Hall–Kier alpha value is -0.520. The monoisotopic (exact) mass is 328 g/mol. The fourth-order valence-corrected chi connectivity index (χ4v) is 3.49. The lowest BCUT2D eigenvalue weighted by atomic mass is 10.3. The summed E-state index contributed by atoms with van der Waals surface area (Å²) in [6.45, 7) is 1.54. The lowest BCUT2D eigenvalue weighted by Crippen LogP contribution is -2.32.